The van der Waals surface area contributed by atoms with Gasteiger partial charge in [0.2, 0.25) is 0 Å². The predicted molar refractivity (Wildman–Crippen MR) is 70.9 cm³/mol. The van der Waals surface area contributed by atoms with E-state index in [2.05, 4.69) is 50.4 Å². The van der Waals surface area contributed by atoms with Crippen LogP contribution in [0.1, 0.15) is 39.2 Å². The molecule has 1 saturated heterocycles. The summed E-state index contributed by atoms with van der Waals surface area (Å²) in [4.78, 5) is 0. The second kappa shape index (κ2) is 5.19. The van der Waals surface area contributed by atoms with Crippen molar-refractivity contribution in [1.29, 1.82) is 0 Å². The summed E-state index contributed by atoms with van der Waals surface area (Å²) in [6.07, 6.45) is 2.57. The van der Waals surface area contributed by atoms with Gasteiger partial charge in [-0.1, -0.05) is 30.3 Å². The van der Waals surface area contributed by atoms with Crippen LogP contribution in [0, 0.1) is 0 Å². The van der Waals surface area contributed by atoms with E-state index in [0.29, 0.717) is 12.1 Å². The molecule has 0 radical (unpaired) electrons. The second-order valence-corrected chi connectivity index (χ2v) is 5.79. The van der Waals surface area contributed by atoms with Crippen molar-refractivity contribution in [2.24, 2.45) is 0 Å². The minimum absolute atomic E-state index is 0.193. The summed E-state index contributed by atoms with van der Waals surface area (Å²) in [5.41, 5.74) is 1.45. The molecule has 2 rings (SSSR count). The molecule has 1 aromatic rings. The second-order valence-electron chi connectivity index (χ2n) is 5.79. The van der Waals surface area contributed by atoms with Gasteiger partial charge >= 0.3 is 0 Å². The number of ether oxygens (including phenoxy) is 1. The number of hydrogen-bond acceptors (Lipinski definition) is 2. The molecule has 0 saturated carbocycles. The highest BCUT2D eigenvalue weighted by molar-refractivity contribution is 5.13. The van der Waals surface area contributed by atoms with Crippen molar-refractivity contribution in [1.82, 2.24) is 5.32 Å². The van der Waals surface area contributed by atoms with Gasteiger partial charge in [-0.3, -0.25) is 0 Å². The number of rotatable bonds is 3. The Morgan fingerprint density at radius 3 is 2.65 bits per heavy atom. The third-order valence-corrected chi connectivity index (χ3v) is 3.32. The molecule has 0 bridgehead atoms. The Balaban J connectivity index is 1.87. The lowest BCUT2D eigenvalue weighted by Crippen LogP contribution is -2.53. The fourth-order valence-electron chi connectivity index (χ4n) is 2.75. The predicted octanol–water partition coefficient (Wildman–Crippen LogP) is 3.12. The lowest BCUT2D eigenvalue weighted by atomic mass is 9.87. The monoisotopic (exact) mass is 233 g/mol. The molecule has 17 heavy (non-hydrogen) atoms. The fourth-order valence-corrected chi connectivity index (χ4v) is 2.75. The van der Waals surface area contributed by atoms with Crippen LogP contribution in [0.5, 0.6) is 0 Å². The summed E-state index contributed by atoms with van der Waals surface area (Å²) in [6.45, 7) is 7.47. The van der Waals surface area contributed by atoms with E-state index >= 15 is 0 Å². The minimum Gasteiger partial charge on any atom is -0.373 e. The van der Waals surface area contributed by atoms with Gasteiger partial charge in [0, 0.05) is 11.6 Å². The first-order valence-corrected chi connectivity index (χ1v) is 6.48. The highest BCUT2D eigenvalue weighted by Gasteiger charge is 2.31. The molecule has 1 aromatic carbocycles. The normalized spacial score (nSPS) is 27.9. The highest BCUT2D eigenvalue weighted by atomic mass is 16.5. The van der Waals surface area contributed by atoms with Crippen LogP contribution in [0.3, 0.4) is 0 Å². The lowest BCUT2D eigenvalue weighted by Gasteiger charge is -2.40. The molecule has 94 valence electrons. The molecule has 0 spiro atoms. The zero-order chi connectivity index (χ0) is 12.3. The molecule has 2 heteroatoms. The van der Waals surface area contributed by atoms with Crippen LogP contribution in [0.4, 0.5) is 0 Å². The number of piperidine rings is 1. The van der Waals surface area contributed by atoms with Gasteiger partial charge in [0.1, 0.15) is 0 Å². The zero-order valence-electron chi connectivity index (χ0n) is 11.1. The van der Waals surface area contributed by atoms with Crippen molar-refractivity contribution < 1.29 is 4.74 Å². The van der Waals surface area contributed by atoms with Gasteiger partial charge in [0.25, 0.3) is 0 Å². The maximum absolute atomic E-state index is 6.04. The largest absolute Gasteiger partial charge is 0.373 e. The van der Waals surface area contributed by atoms with E-state index in [-0.39, 0.29) is 5.54 Å². The Labute approximate surface area is 104 Å². The molecule has 0 amide bonds. The average molecular weight is 233 g/mol. The van der Waals surface area contributed by atoms with Crippen LogP contribution in [-0.2, 0) is 11.3 Å². The van der Waals surface area contributed by atoms with Crippen LogP contribution in [-0.4, -0.2) is 17.7 Å². The molecule has 0 aromatic heterocycles. The van der Waals surface area contributed by atoms with E-state index < -0.39 is 0 Å². The smallest absolute Gasteiger partial charge is 0.0720 e. The van der Waals surface area contributed by atoms with Crippen molar-refractivity contribution in [3.8, 4) is 0 Å². The van der Waals surface area contributed by atoms with Crippen molar-refractivity contribution in [2.75, 3.05) is 0 Å². The molecule has 1 N–H and O–H groups in total. The SMILES string of the molecule is CC1CC(OCc2ccccc2)CC(C)(C)N1. The van der Waals surface area contributed by atoms with E-state index in [1.54, 1.807) is 0 Å². The summed E-state index contributed by atoms with van der Waals surface area (Å²) in [6, 6.07) is 10.9. The quantitative estimate of drug-likeness (QED) is 0.866. The van der Waals surface area contributed by atoms with Gasteiger partial charge in [-0.15, -0.1) is 0 Å². The number of hydrogen-bond donors (Lipinski definition) is 1. The van der Waals surface area contributed by atoms with Crippen LogP contribution < -0.4 is 5.32 Å². The first-order chi connectivity index (χ1) is 8.05. The van der Waals surface area contributed by atoms with E-state index in [0.717, 1.165) is 19.4 Å². The van der Waals surface area contributed by atoms with Crippen molar-refractivity contribution >= 4 is 0 Å². The topological polar surface area (TPSA) is 21.3 Å². The van der Waals surface area contributed by atoms with Gasteiger partial charge in [-0.2, -0.15) is 0 Å². The summed E-state index contributed by atoms with van der Waals surface area (Å²) in [7, 11) is 0. The third kappa shape index (κ3) is 3.83. The summed E-state index contributed by atoms with van der Waals surface area (Å²) in [5.74, 6) is 0. The van der Waals surface area contributed by atoms with Gasteiger partial charge in [0.15, 0.2) is 0 Å². The first-order valence-electron chi connectivity index (χ1n) is 6.48. The molecule has 1 fully saturated rings. The highest BCUT2D eigenvalue weighted by Crippen LogP contribution is 2.25. The maximum atomic E-state index is 6.04. The van der Waals surface area contributed by atoms with Crippen LogP contribution in [0.15, 0.2) is 30.3 Å². The zero-order valence-corrected chi connectivity index (χ0v) is 11.1. The number of nitrogens with one attached hydrogen (secondary N) is 1. The lowest BCUT2D eigenvalue weighted by molar-refractivity contribution is -0.0126. The number of benzene rings is 1. The molecular formula is C15H23NO. The Morgan fingerprint density at radius 1 is 1.29 bits per heavy atom. The fraction of sp³-hybridized carbons (Fsp3) is 0.600. The Bertz CT molecular complexity index is 347. The Hall–Kier alpha value is -0.860. The summed E-state index contributed by atoms with van der Waals surface area (Å²) >= 11 is 0. The van der Waals surface area contributed by atoms with Gasteiger partial charge in [-0.25, -0.2) is 0 Å². The molecule has 0 aliphatic carbocycles. The summed E-state index contributed by atoms with van der Waals surface area (Å²) < 4.78 is 6.04. The van der Waals surface area contributed by atoms with Crippen molar-refractivity contribution in [3.63, 3.8) is 0 Å². The molecule has 2 unspecified atom stereocenters. The Morgan fingerprint density at radius 2 is 2.00 bits per heavy atom. The average Bonchev–Trinajstić information content (AvgIpc) is 2.25. The van der Waals surface area contributed by atoms with E-state index in [1.807, 2.05) is 6.07 Å². The molecule has 2 atom stereocenters. The van der Waals surface area contributed by atoms with Gasteiger partial charge in [0.05, 0.1) is 12.7 Å². The Kier molecular flexibility index (Phi) is 3.85. The third-order valence-electron chi connectivity index (χ3n) is 3.32. The van der Waals surface area contributed by atoms with Gasteiger partial charge in [-0.05, 0) is 39.2 Å². The molecule has 1 heterocycles. The minimum atomic E-state index is 0.193. The maximum Gasteiger partial charge on any atom is 0.0720 e. The molecule has 1 aliphatic rings. The molecule has 2 nitrogen and oxygen atoms in total. The molecule has 1 aliphatic heterocycles. The van der Waals surface area contributed by atoms with E-state index in [9.17, 15) is 0 Å². The van der Waals surface area contributed by atoms with E-state index in [4.69, 9.17) is 4.74 Å². The summed E-state index contributed by atoms with van der Waals surface area (Å²) in [5, 5.41) is 3.60. The first kappa shape index (κ1) is 12.6. The van der Waals surface area contributed by atoms with Crippen LogP contribution >= 0.6 is 0 Å². The molecular weight excluding hydrogens is 210 g/mol. The van der Waals surface area contributed by atoms with E-state index in [1.165, 1.54) is 5.56 Å². The van der Waals surface area contributed by atoms with Crippen molar-refractivity contribution in [3.05, 3.63) is 35.9 Å². The standard InChI is InChI=1S/C15H23NO/c1-12-9-14(10-15(2,3)16-12)17-11-13-7-5-4-6-8-13/h4-8,12,14,16H,9-11H2,1-3H3. The van der Waals surface area contributed by atoms with Crippen LogP contribution in [0.2, 0.25) is 0 Å². The van der Waals surface area contributed by atoms with Crippen molar-refractivity contribution in [2.45, 2.75) is 57.9 Å². The van der Waals surface area contributed by atoms with Crippen LogP contribution in [0.25, 0.3) is 0 Å². The van der Waals surface area contributed by atoms with Gasteiger partial charge < -0.3 is 10.1 Å².